The normalized spacial score (nSPS) is 47.3. The van der Waals surface area contributed by atoms with E-state index in [0.29, 0.717) is 73.7 Å². The minimum absolute atomic E-state index is 0.0270. The van der Waals surface area contributed by atoms with E-state index in [1.54, 1.807) is 66.6 Å². The van der Waals surface area contributed by atoms with Gasteiger partial charge in [0.15, 0.2) is 36.7 Å². The van der Waals surface area contributed by atoms with Crippen molar-refractivity contribution >= 4 is 23.8 Å². The first-order chi connectivity index (χ1) is 61.8. The molecule has 8 saturated heterocycles. The topological polar surface area (TPSA) is 358 Å². The molecule has 14 aliphatic rings. The van der Waals surface area contributed by atoms with Crippen LogP contribution in [0.15, 0.2) is 119 Å². The summed E-state index contributed by atoms with van der Waals surface area (Å²) in [7, 11) is 6.54. The molecule has 0 saturated carbocycles. The Kier molecular flexibility index (Phi) is 34.0. The molecule has 0 aromatic rings. The molecule has 130 heavy (non-hydrogen) atoms. The van der Waals surface area contributed by atoms with Gasteiger partial charge in [0.2, 0.25) is 11.8 Å². The van der Waals surface area contributed by atoms with Gasteiger partial charge in [0, 0.05) is 117 Å². The first kappa shape index (κ1) is 102. The van der Waals surface area contributed by atoms with Crippen molar-refractivity contribution in [2.45, 2.75) is 396 Å². The second kappa shape index (κ2) is 43.4. The first-order valence-electron chi connectivity index (χ1n) is 47.7. The molecule has 728 valence electrons. The predicted molar refractivity (Wildman–Crippen MR) is 478 cm³/mol. The second-order valence-corrected chi connectivity index (χ2v) is 39.4. The van der Waals surface area contributed by atoms with Crippen LogP contribution in [0.5, 0.6) is 0 Å². The molecule has 14 rings (SSSR count). The van der Waals surface area contributed by atoms with Crippen LogP contribution in [-0.2, 0) is 114 Å². The molecule has 2 amide bonds. The number of hydrogen-bond acceptors (Lipinski definition) is 28. The van der Waals surface area contributed by atoms with E-state index < -0.39 is 169 Å². The van der Waals surface area contributed by atoms with Crippen LogP contribution in [0, 0.1) is 47.3 Å². The van der Waals surface area contributed by atoms with Crippen LogP contribution in [0.25, 0.3) is 0 Å². The molecule has 0 radical (unpaired) electrons. The molecule has 8 fully saturated rings. The predicted octanol–water partition coefficient (Wildman–Crippen LogP) is 11.0. The molecular weight excluding hydrogens is 1680 g/mol. The van der Waals surface area contributed by atoms with Crippen molar-refractivity contribution in [3.05, 3.63) is 119 Å². The van der Waals surface area contributed by atoms with Crippen molar-refractivity contribution < 1.29 is 134 Å². The van der Waals surface area contributed by atoms with Gasteiger partial charge in [-0.2, -0.15) is 0 Å². The van der Waals surface area contributed by atoms with E-state index in [2.05, 4.69) is 90.3 Å². The summed E-state index contributed by atoms with van der Waals surface area (Å²) in [5.74, 6) is -5.51. The molecule has 4 bridgehead atoms. The molecule has 0 unspecified atom stereocenters. The van der Waals surface area contributed by atoms with Crippen LogP contribution in [0.1, 0.15) is 202 Å². The van der Waals surface area contributed by atoms with Crippen LogP contribution in [0.4, 0.5) is 0 Å². The fourth-order valence-corrected chi connectivity index (χ4v) is 22.0. The highest BCUT2D eigenvalue weighted by Crippen LogP contribution is 2.51. The van der Waals surface area contributed by atoms with E-state index in [0.717, 1.165) is 24.0 Å². The number of nitrogens with one attached hydrogen (secondary N) is 2. The summed E-state index contributed by atoms with van der Waals surface area (Å²) in [4.78, 5) is 52.6. The molecule has 2 spiro atoms. The second-order valence-electron chi connectivity index (χ2n) is 39.4. The van der Waals surface area contributed by atoms with Crippen molar-refractivity contribution in [3.8, 4) is 0 Å². The molecule has 30 heteroatoms. The number of allylic oxidation sites excluding steroid dienone is 4. The average Bonchev–Trinajstić information content (AvgIpc) is 1.56. The molecule has 12 heterocycles. The number of hydrogen-bond donors (Lipinski definition) is 6. The third-order valence-corrected chi connectivity index (χ3v) is 29.8. The quantitative estimate of drug-likeness (QED) is 0.0548. The highest BCUT2D eigenvalue weighted by molar-refractivity contribution is 5.80. The summed E-state index contributed by atoms with van der Waals surface area (Å²) in [6.45, 7) is 35.3. The van der Waals surface area contributed by atoms with Gasteiger partial charge < -0.3 is 126 Å². The van der Waals surface area contributed by atoms with Gasteiger partial charge in [-0.3, -0.25) is 19.2 Å². The Morgan fingerprint density at radius 2 is 0.823 bits per heavy atom. The van der Waals surface area contributed by atoms with Crippen molar-refractivity contribution in [2.24, 2.45) is 47.3 Å². The van der Waals surface area contributed by atoms with Gasteiger partial charge in [0.1, 0.15) is 71.9 Å². The minimum Gasteiger partial charge on any atom is -0.462 e. The van der Waals surface area contributed by atoms with Crippen LogP contribution in [0.2, 0.25) is 0 Å². The Labute approximate surface area is 768 Å². The zero-order chi connectivity index (χ0) is 93.9. The smallest absolute Gasteiger partial charge is 0.316 e. The van der Waals surface area contributed by atoms with E-state index in [4.69, 9.17) is 94.7 Å². The molecule has 0 aromatic carbocycles. The maximum absolute atomic E-state index is 14.4. The lowest BCUT2D eigenvalue weighted by molar-refractivity contribution is -0.311. The number of esters is 2. The lowest BCUT2D eigenvalue weighted by atomic mass is 9.71. The van der Waals surface area contributed by atoms with Gasteiger partial charge in [0.05, 0.1) is 111 Å². The van der Waals surface area contributed by atoms with Crippen molar-refractivity contribution in [2.75, 3.05) is 41.7 Å². The summed E-state index contributed by atoms with van der Waals surface area (Å²) >= 11 is 0. The van der Waals surface area contributed by atoms with E-state index >= 15 is 0 Å². The lowest BCUT2D eigenvalue weighted by Gasteiger charge is -2.48. The Morgan fingerprint density at radius 3 is 1.18 bits per heavy atom. The highest BCUT2D eigenvalue weighted by Gasteiger charge is 2.63. The van der Waals surface area contributed by atoms with E-state index in [1.807, 2.05) is 78.0 Å². The third-order valence-electron chi connectivity index (χ3n) is 29.8. The molecule has 40 atom stereocenters. The number of carbonyl (C=O) groups excluding carboxylic acids is 4. The lowest BCUT2D eigenvalue weighted by Crippen LogP contribution is -2.58. The first-order valence-corrected chi connectivity index (χ1v) is 47.7. The third kappa shape index (κ3) is 22.3. The summed E-state index contributed by atoms with van der Waals surface area (Å²) in [6, 6.07) is -0.629. The Bertz CT molecular complexity index is 3960. The molecule has 6 N–H and O–H groups in total. The number of methoxy groups -OCH3 is 4. The van der Waals surface area contributed by atoms with Crippen molar-refractivity contribution in [1.29, 1.82) is 0 Å². The number of fused-ring (bicyclic) bond motifs is 4. The van der Waals surface area contributed by atoms with Gasteiger partial charge in [-0.15, -0.1) is 0 Å². The number of carbonyl (C=O) groups is 4. The molecule has 0 aromatic heterocycles. The van der Waals surface area contributed by atoms with E-state index in [-0.39, 0.29) is 122 Å². The summed E-state index contributed by atoms with van der Waals surface area (Å²) in [6.07, 6.45) is 18.9. The SMILES string of the molecule is CC[C@H](C)[C@H]1O[C@]2(C=C[C@@H]1C)C[C@@H]1C[C@@H](C/C=C(\C)[C@@H](O[C@H]3C[C@H](OC)[C@@H](O[C@H]4C[C@H](OC)[C@H](NC(C)=O)[C@H](C)O4)[C@H](C)O3)[C@@H](C)/C=C/C=C3\CO[C@@H]4[C@H](O)C(C)=C[C@@H](C(=O)O1)[C@]34O)O2.CC[C@H](C)[C@H]1O[C@]2(C=C[C@@H]1C)C[C@@H]1C[C@@H](C/C=C(\C)[C@@H](O[C@H]3C[C@H](OC)[C@@H](O[C@H]4C[C@H](OC)[C@H](NC(C)=O)[C@H](C)O4)[C@H](C)O3)[C@@H](C)/C=C/C=C3\CO[C@@H]4[C@H](O)C(C)=C[C@@H](C(=O)O1)[C@]34O)O2. The van der Waals surface area contributed by atoms with Crippen LogP contribution < -0.4 is 10.6 Å². The van der Waals surface area contributed by atoms with Crippen molar-refractivity contribution in [3.63, 3.8) is 0 Å². The summed E-state index contributed by atoms with van der Waals surface area (Å²) < 4.78 is 129. The maximum Gasteiger partial charge on any atom is 0.316 e. The van der Waals surface area contributed by atoms with Crippen molar-refractivity contribution in [1.82, 2.24) is 10.6 Å². The molecular formula is C100H150N2O28. The van der Waals surface area contributed by atoms with Gasteiger partial charge in [0.25, 0.3) is 0 Å². The maximum atomic E-state index is 14.4. The minimum atomic E-state index is -1.84. The summed E-state index contributed by atoms with van der Waals surface area (Å²) in [5.41, 5.74) is 0.232. The average molecular weight is 1830 g/mol. The van der Waals surface area contributed by atoms with Gasteiger partial charge >= 0.3 is 11.9 Å². The molecule has 2 aliphatic carbocycles. The highest BCUT2D eigenvalue weighted by atomic mass is 16.8. The van der Waals surface area contributed by atoms with Crippen LogP contribution in [-0.4, -0.2) is 280 Å². The van der Waals surface area contributed by atoms with Crippen LogP contribution >= 0.6 is 0 Å². The van der Waals surface area contributed by atoms with E-state index in [1.165, 1.54) is 13.8 Å². The molecule has 30 nitrogen and oxygen atoms in total. The largest absolute Gasteiger partial charge is 0.462 e. The number of aliphatic hydroxyl groups is 4. The van der Waals surface area contributed by atoms with Gasteiger partial charge in [-0.05, 0) is 126 Å². The Morgan fingerprint density at radius 1 is 0.469 bits per heavy atom. The summed E-state index contributed by atoms with van der Waals surface area (Å²) in [5, 5.41) is 53.4. The fourth-order valence-electron chi connectivity index (χ4n) is 22.0. The zero-order valence-corrected chi connectivity index (χ0v) is 80.4. The Hall–Kier alpha value is -5.60. The van der Waals surface area contributed by atoms with Crippen LogP contribution in [0.3, 0.4) is 0 Å². The fraction of sp³-hybridized carbons (Fsp3) is 0.760. The zero-order valence-electron chi connectivity index (χ0n) is 80.4. The number of rotatable bonds is 18. The number of amides is 2. The number of ether oxygens (including phenoxy) is 20. The molecule has 12 aliphatic heterocycles. The van der Waals surface area contributed by atoms with E-state index in [9.17, 15) is 39.6 Å². The van der Waals surface area contributed by atoms with Gasteiger partial charge in [-0.1, -0.05) is 141 Å². The standard InChI is InChI=1S/2C50H75NO14/c2*1-12-26(2)45-29(5)18-19-49(65-45)24-36-21-35(64-49)17-16-28(4)44(27(3)14-13-15-34-25-58-47-43(53)30(6)20-37(48(54)61-36)50(34,47)55)62-41-23-39(57-11)46(32(8)60-41)63-40-22-38(56-10)42(31(7)59-40)51-33(9)52/h2*13-16,18-20,26-27,29,31-32,35-47,53,55H,12,17,21-25H2,1-11H3,(H,51,52)/b2*14-13+,28-16+,34-15+/t2*26-,27-,29-,31-,32-,35+,36-,37-,38-,39-,40-,41-,42+,43+,44-,45+,46-,47+,49+,50+/m00/s1. The monoisotopic (exact) mass is 1830 g/mol. The van der Waals surface area contributed by atoms with Gasteiger partial charge in [-0.25, -0.2) is 0 Å². The Balaban J connectivity index is 0.000000222. The number of aliphatic hydroxyl groups excluding tert-OH is 2.